The fourth-order valence-electron chi connectivity index (χ4n) is 3.37. The first-order valence-corrected chi connectivity index (χ1v) is 7.80. The number of aliphatic imine (C=N–C) groups is 1. The van der Waals surface area contributed by atoms with Crippen molar-refractivity contribution in [2.24, 2.45) is 10.7 Å². The zero-order chi connectivity index (χ0) is 14.0. The molecule has 0 unspecified atom stereocenters. The smallest absolute Gasteiger partial charge is 0.191 e. The molecule has 0 aromatic heterocycles. The Hall–Kier alpha value is -0.780. The number of guanidine groups is 1. The van der Waals surface area contributed by atoms with E-state index in [0.29, 0.717) is 6.04 Å². The molecule has 4 heteroatoms. The highest BCUT2D eigenvalue weighted by Crippen LogP contribution is 2.41. The predicted octanol–water partition coefficient (Wildman–Crippen LogP) is 3.53. The minimum absolute atomic E-state index is 0. The van der Waals surface area contributed by atoms with Crippen LogP contribution in [0.3, 0.4) is 0 Å². The van der Waals surface area contributed by atoms with E-state index < -0.39 is 0 Å². The van der Waals surface area contributed by atoms with Gasteiger partial charge in [0.1, 0.15) is 0 Å². The monoisotopic (exact) mass is 399 g/mol. The Morgan fingerprint density at radius 1 is 1.24 bits per heavy atom. The van der Waals surface area contributed by atoms with Crippen LogP contribution in [-0.4, -0.2) is 30.5 Å². The van der Waals surface area contributed by atoms with Crippen LogP contribution >= 0.6 is 24.0 Å². The lowest BCUT2D eigenvalue weighted by Crippen LogP contribution is -2.37. The Labute approximate surface area is 145 Å². The van der Waals surface area contributed by atoms with Gasteiger partial charge in [0.2, 0.25) is 0 Å². The summed E-state index contributed by atoms with van der Waals surface area (Å²) in [7, 11) is 2.07. The van der Waals surface area contributed by atoms with Gasteiger partial charge in [-0.05, 0) is 31.2 Å². The highest BCUT2D eigenvalue weighted by Gasteiger charge is 2.35. The van der Waals surface area contributed by atoms with E-state index in [2.05, 4.69) is 42.3 Å². The van der Waals surface area contributed by atoms with Gasteiger partial charge in [-0.3, -0.25) is 4.99 Å². The van der Waals surface area contributed by atoms with Crippen LogP contribution in [0.5, 0.6) is 0 Å². The van der Waals surface area contributed by atoms with Crippen LogP contribution in [0.4, 0.5) is 0 Å². The SMILES string of the molecule is CN(C(N)=NCC1(c2ccccc2)CCCC1)C1CC1.I. The molecule has 0 amide bonds. The van der Waals surface area contributed by atoms with Crippen molar-refractivity contribution in [2.45, 2.75) is 50.0 Å². The lowest BCUT2D eigenvalue weighted by molar-refractivity contribution is 0.441. The van der Waals surface area contributed by atoms with Gasteiger partial charge in [-0.15, -0.1) is 24.0 Å². The molecule has 0 spiro atoms. The van der Waals surface area contributed by atoms with Gasteiger partial charge < -0.3 is 10.6 Å². The Kier molecular flexibility index (Phi) is 5.52. The quantitative estimate of drug-likeness (QED) is 0.478. The molecule has 3 nitrogen and oxygen atoms in total. The molecule has 3 rings (SSSR count). The van der Waals surface area contributed by atoms with Crippen molar-refractivity contribution in [3.05, 3.63) is 35.9 Å². The normalized spacial score (nSPS) is 20.9. The van der Waals surface area contributed by atoms with E-state index in [1.54, 1.807) is 0 Å². The summed E-state index contributed by atoms with van der Waals surface area (Å²) >= 11 is 0. The van der Waals surface area contributed by atoms with Crippen molar-refractivity contribution in [3.8, 4) is 0 Å². The molecule has 2 fully saturated rings. The topological polar surface area (TPSA) is 41.6 Å². The van der Waals surface area contributed by atoms with Gasteiger partial charge in [-0.25, -0.2) is 0 Å². The summed E-state index contributed by atoms with van der Waals surface area (Å²) < 4.78 is 0. The Balaban J connectivity index is 0.00000161. The number of benzene rings is 1. The second-order valence-corrected chi connectivity index (χ2v) is 6.37. The van der Waals surface area contributed by atoms with Crippen LogP contribution in [0.15, 0.2) is 35.3 Å². The summed E-state index contributed by atoms with van der Waals surface area (Å²) in [6.45, 7) is 0.833. The Morgan fingerprint density at radius 3 is 2.43 bits per heavy atom. The maximum Gasteiger partial charge on any atom is 0.191 e. The van der Waals surface area contributed by atoms with Gasteiger partial charge in [-0.2, -0.15) is 0 Å². The first-order chi connectivity index (χ1) is 9.71. The highest BCUT2D eigenvalue weighted by atomic mass is 127. The molecule has 0 aliphatic heterocycles. The number of hydrogen-bond donors (Lipinski definition) is 1. The highest BCUT2D eigenvalue weighted by molar-refractivity contribution is 14.0. The van der Waals surface area contributed by atoms with Crippen LogP contribution in [0, 0.1) is 0 Å². The van der Waals surface area contributed by atoms with Crippen LogP contribution in [0.25, 0.3) is 0 Å². The van der Waals surface area contributed by atoms with Gasteiger partial charge in [0.15, 0.2) is 5.96 Å². The number of halogens is 1. The largest absolute Gasteiger partial charge is 0.370 e. The number of rotatable bonds is 4. The number of nitrogens with two attached hydrogens (primary N) is 1. The molecule has 2 aliphatic rings. The Bertz CT molecular complexity index is 476. The molecule has 0 saturated heterocycles. The summed E-state index contributed by atoms with van der Waals surface area (Å²) in [5.41, 5.74) is 7.80. The van der Waals surface area contributed by atoms with E-state index in [1.165, 1.54) is 44.1 Å². The molecular weight excluding hydrogens is 373 g/mol. The average Bonchev–Trinajstić information content (AvgIpc) is 3.23. The maximum absolute atomic E-state index is 6.15. The van der Waals surface area contributed by atoms with Crippen LogP contribution in [0.1, 0.15) is 44.1 Å². The van der Waals surface area contributed by atoms with Gasteiger partial charge in [-0.1, -0.05) is 43.2 Å². The van der Waals surface area contributed by atoms with Crippen molar-refractivity contribution < 1.29 is 0 Å². The molecule has 2 aliphatic carbocycles. The zero-order valence-corrected chi connectivity index (χ0v) is 15.1. The molecule has 0 bridgehead atoms. The van der Waals surface area contributed by atoms with Crippen molar-refractivity contribution in [2.75, 3.05) is 13.6 Å². The van der Waals surface area contributed by atoms with E-state index in [0.717, 1.165) is 12.5 Å². The minimum atomic E-state index is 0. The summed E-state index contributed by atoms with van der Waals surface area (Å²) in [4.78, 5) is 6.88. The van der Waals surface area contributed by atoms with E-state index in [-0.39, 0.29) is 29.4 Å². The first-order valence-electron chi connectivity index (χ1n) is 7.80. The van der Waals surface area contributed by atoms with Crippen LogP contribution in [0.2, 0.25) is 0 Å². The Morgan fingerprint density at radius 2 is 1.86 bits per heavy atom. The second kappa shape index (κ2) is 6.99. The molecular formula is C17H26IN3. The molecule has 1 aromatic rings. The molecule has 1 aromatic carbocycles. The lowest BCUT2D eigenvalue weighted by Gasteiger charge is -2.28. The summed E-state index contributed by atoms with van der Waals surface area (Å²) in [6.07, 6.45) is 7.61. The first kappa shape index (κ1) is 16.6. The summed E-state index contributed by atoms with van der Waals surface area (Å²) in [6, 6.07) is 11.5. The fraction of sp³-hybridized carbons (Fsp3) is 0.588. The van der Waals surface area contributed by atoms with E-state index in [4.69, 9.17) is 10.7 Å². The summed E-state index contributed by atoms with van der Waals surface area (Å²) in [5, 5.41) is 0. The second-order valence-electron chi connectivity index (χ2n) is 6.37. The lowest BCUT2D eigenvalue weighted by atomic mass is 9.79. The third-order valence-electron chi connectivity index (χ3n) is 4.95. The third-order valence-corrected chi connectivity index (χ3v) is 4.95. The van der Waals surface area contributed by atoms with Crippen molar-refractivity contribution in [1.29, 1.82) is 0 Å². The molecule has 0 atom stereocenters. The van der Waals surface area contributed by atoms with Crippen molar-refractivity contribution in [1.82, 2.24) is 4.90 Å². The van der Waals surface area contributed by atoms with Crippen molar-refractivity contribution in [3.63, 3.8) is 0 Å². The van der Waals surface area contributed by atoms with Gasteiger partial charge in [0.25, 0.3) is 0 Å². The van der Waals surface area contributed by atoms with Gasteiger partial charge in [0.05, 0.1) is 6.54 Å². The van der Waals surface area contributed by atoms with Crippen LogP contribution in [-0.2, 0) is 5.41 Å². The molecule has 0 heterocycles. The van der Waals surface area contributed by atoms with E-state index >= 15 is 0 Å². The fourth-order valence-corrected chi connectivity index (χ4v) is 3.37. The standard InChI is InChI=1S/C17H25N3.HI/c1-20(15-9-10-15)16(18)19-13-17(11-5-6-12-17)14-7-3-2-4-8-14;/h2-4,7-8,15H,5-6,9-13H2,1H3,(H2,18,19);1H. The van der Waals surface area contributed by atoms with Gasteiger partial charge >= 0.3 is 0 Å². The average molecular weight is 399 g/mol. The van der Waals surface area contributed by atoms with E-state index in [1.807, 2.05) is 0 Å². The summed E-state index contributed by atoms with van der Waals surface area (Å²) in [5.74, 6) is 0.717. The third kappa shape index (κ3) is 3.71. The maximum atomic E-state index is 6.15. The minimum Gasteiger partial charge on any atom is -0.370 e. The molecule has 2 N–H and O–H groups in total. The van der Waals surface area contributed by atoms with Crippen LogP contribution < -0.4 is 5.73 Å². The number of hydrogen-bond acceptors (Lipinski definition) is 1. The van der Waals surface area contributed by atoms with Gasteiger partial charge in [0, 0.05) is 18.5 Å². The molecule has 21 heavy (non-hydrogen) atoms. The molecule has 2 saturated carbocycles. The van der Waals surface area contributed by atoms with Crippen molar-refractivity contribution >= 4 is 29.9 Å². The number of nitrogens with zero attached hydrogens (tertiary/aromatic N) is 2. The molecule has 0 radical (unpaired) electrons. The predicted molar refractivity (Wildman–Crippen MR) is 99.3 cm³/mol. The molecule has 116 valence electrons. The zero-order valence-electron chi connectivity index (χ0n) is 12.8. The van der Waals surface area contributed by atoms with E-state index in [9.17, 15) is 0 Å².